The first-order valence-electron chi connectivity index (χ1n) is 6.54. The second-order valence-electron chi connectivity index (χ2n) is 5.08. The van der Waals surface area contributed by atoms with Crippen LogP contribution in [0.15, 0.2) is 36.7 Å². The van der Waals surface area contributed by atoms with Gasteiger partial charge in [-0.3, -0.25) is 9.48 Å². The van der Waals surface area contributed by atoms with Crippen LogP contribution >= 0.6 is 0 Å². The normalized spacial score (nSPS) is 12.0. The van der Waals surface area contributed by atoms with Crippen LogP contribution in [0.4, 0.5) is 5.69 Å². The topological polar surface area (TPSA) is 50.2 Å². The van der Waals surface area contributed by atoms with Gasteiger partial charge in [0.1, 0.15) is 0 Å². The lowest BCUT2D eigenvalue weighted by atomic mass is 10.1. The van der Waals surface area contributed by atoms with E-state index in [-0.39, 0.29) is 11.9 Å². The summed E-state index contributed by atoms with van der Waals surface area (Å²) in [5, 5.41) is 7.08. The first-order chi connectivity index (χ1) is 9.47. The summed E-state index contributed by atoms with van der Waals surface area (Å²) in [4.78, 5) is 14.2. The van der Waals surface area contributed by atoms with Crippen LogP contribution in [0.25, 0.3) is 0 Å². The number of anilines is 1. The molecule has 0 bridgehead atoms. The molecule has 1 N–H and O–H groups in total. The molecular weight excluding hydrogens is 252 g/mol. The Morgan fingerprint density at radius 2 is 1.95 bits per heavy atom. The molecule has 5 heteroatoms. The van der Waals surface area contributed by atoms with Crippen LogP contribution in [0.1, 0.15) is 28.9 Å². The SMILES string of the molecule is CC(NC(=O)c1ccc(N(C)C)cc1)c1cnn(C)c1. The molecule has 2 rings (SSSR count). The van der Waals surface area contributed by atoms with E-state index in [0.717, 1.165) is 11.3 Å². The van der Waals surface area contributed by atoms with Crippen LogP contribution in [0.5, 0.6) is 0 Å². The number of carbonyl (C=O) groups excluding carboxylic acids is 1. The fourth-order valence-electron chi connectivity index (χ4n) is 1.94. The number of nitrogens with zero attached hydrogens (tertiary/aromatic N) is 3. The third-order valence-corrected chi connectivity index (χ3v) is 3.22. The first-order valence-corrected chi connectivity index (χ1v) is 6.54. The standard InChI is InChI=1S/C15H20N4O/c1-11(13-9-16-19(4)10-13)17-15(20)12-5-7-14(8-6-12)18(2)3/h5-11H,1-4H3,(H,17,20). The van der Waals surface area contributed by atoms with Gasteiger partial charge in [-0.15, -0.1) is 0 Å². The van der Waals surface area contributed by atoms with E-state index in [0.29, 0.717) is 5.56 Å². The molecule has 0 fully saturated rings. The Bertz CT molecular complexity index is 586. The number of hydrogen-bond acceptors (Lipinski definition) is 3. The highest BCUT2D eigenvalue weighted by molar-refractivity contribution is 5.94. The fourth-order valence-corrected chi connectivity index (χ4v) is 1.94. The molecule has 1 aromatic heterocycles. The van der Waals surface area contributed by atoms with Crippen molar-refractivity contribution in [3.05, 3.63) is 47.8 Å². The van der Waals surface area contributed by atoms with E-state index in [2.05, 4.69) is 10.4 Å². The van der Waals surface area contributed by atoms with Gasteiger partial charge in [-0.1, -0.05) is 0 Å². The molecule has 0 saturated heterocycles. The van der Waals surface area contributed by atoms with E-state index in [9.17, 15) is 4.79 Å². The quantitative estimate of drug-likeness (QED) is 0.926. The van der Waals surface area contributed by atoms with Gasteiger partial charge >= 0.3 is 0 Å². The van der Waals surface area contributed by atoms with Crippen molar-refractivity contribution in [2.24, 2.45) is 7.05 Å². The van der Waals surface area contributed by atoms with E-state index < -0.39 is 0 Å². The van der Waals surface area contributed by atoms with Gasteiger partial charge in [0, 0.05) is 44.2 Å². The van der Waals surface area contributed by atoms with E-state index >= 15 is 0 Å². The maximum absolute atomic E-state index is 12.2. The molecule has 2 aromatic rings. The highest BCUT2D eigenvalue weighted by Gasteiger charge is 2.12. The Morgan fingerprint density at radius 3 is 2.45 bits per heavy atom. The summed E-state index contributed by atoms with van der Waals surface area (Å²) < 4.78 is 1.73. The zero-order valence-corrected chi connectivity index (χ0v) is 12.3. The summed E-state index contributed by atoms with van der Waals surface area (Å²) in [5.41, 5.74) is 2.72. The lowest BCUT2D eigenvalue weighted by Crippen LogP contribution is -2.26. The largest absolute Gasteiger partial charge is 0.378 e. The van der Waals surface area contributed by atoms with E-state index in [4.69, 9.17) is 0 Å². The minimum Gasteiger partial charge on any atom is -0.378 e. The molecule has 5 nitrogen and oxygen atoms in total. The third kappa shape index (κ3) is 3.17. The van der Waals surface area contributed by atoms with Gasteiger partial charge in [0.2, 0.25) is 0 Å². The van der Waals surface area contributed by atoms with Crippen molar-refractivity contribution in [1.82, 2.24) is 15.1 Å². The summed E-state index contributed by atoms with van der Waals surface area (Å²) in [5.74, 6) is -0.0772. The van der Waals surface area contributed by atoms with Crippen molar-refractivity contribution in [2.45, 2.75) is 13.0 Å². The Kier molecular flexibility index (Phi) is 4.08. The average molecular weight is 272 g/mol. The van der Waals surface area contributed by atoms with Crippen LogP contribution in [-0.2, 0) is 7.05 Å². The number of aromatic nitrogens is 2. The Morgan fingerprint density at radius 1 is 1.30 bits per heavy atom. The maximum Gasteiger partial charge on any atom is 0.251 e. The van der Waals surface area contributed by atoms with Crippen molar-refractivity contribution in [1.29, 1.82) is 0 Å². The molecule has 1 aromatic carbocycles. The predicted octanol–water partition coefficient (Wildman–Crippen LogP) is 1.98. The van der Waals surface area contributed by atoms with Crippen LogP contribution < -0.4 is 10.2 Å². The van der Waals surface area contributed by atoms with Gasteiger partial charge in [-0.05, 0) is 31.2 Å². The summed E-state index contributed by atoms with van der Waals surface area (Å²) >= 11 is 0. The van der Waals surface area contributed by atoms with Gasteiger partial charge in [-0.25, -0.2) is 0 Å². The summed E-state index contributed by atoms with van der Waals surface area (Å²) in [6, 6.07) is 7.47. The molecule has 0 saturated carbocycles. The minimum atomic E-state index is -0.0772. The lowest BCUT2D eigenvalue weighted by Gasteiger charge is -2.14. The third-order valence-electron chi connectivity index (χ3n) is 3.22. The fraction of sp³-hybridized carbons (Fsp3) is 0.333. The van der Waals surface area contributed by atoms with E-state index in [1.807, 2.05) is 63.4 Å². The van der Waals surface area contributed by atoms with E-state index in [1.54, 1.807) is 10.9 Å². The molecule has 1 unspecified atom stereocenters. The molecule has 0 spiro atoms. The maximum atomic E-state index is 12.2. The zero-order chi connectivity index (χ0) is 14.7. The molecule has 106 valence electrons. The number of rotatable bonds is 4. The molecular formula is C15H20N4O. The number of benzene rings is 1. The molecule has 1 heterocycles. The molecule has 1 amide bonds. The molecule has 0 aliphatic rings. The average Bonchev–Trinajstić information content (AvgIpc) is 2.85. The Hall–Kier alpha value is -2.30. The van der Waals surface area contributed by atoms with Crippen LogP contribution in [0.3, 0.4) is 0 Å². The zero-order valence-electron chi connectivity index (χ0n) is 12.3. The Balaban J connectivity index is 2.04. The van der Waals surface area contributed by atoms with Crippen molar-refractivity contribution < 1.29 is 4.79 Å². The van der Waals surface area contributed by atoms with Crippen molar-refractivity contribution in [3.8, 4) is 0 Å². The smallest absolute Gasteiger partial charge is 0.251 e. The number of carbonyl (C=O) groups is 1. The number of aryl methyl sites for hydroxylation is 1. The van der Waals surface area contributed by atoms with Gasteiger partial charge in [0.25, 0.3) is 5.91 Å². The van der Waals surface area contributed by atoms with Crippen molar-refractivity contribution in [3.63, 3.8) is 0 Å². The van der Waals surface area contributed by atoms with Gasteiger partial charge in [0.05, 0.1) is 12.2 Å². The molecule has 20 heavy (non-hydrogen) atoms. The monoisotopic (exact) mass is 272 g/mol. The van der Waals surface area contributed by atoms with Gasteiger partial charge in [0.15, 0.2) is 0 Å². The van der Waals surface area contributed by atoms with Gasteiger partial charge < -0.3 is 10.2 Å². The molecule has 1 atom stereocenters. The minimum absolute atomic E-state index is 0.0651. The highest BCUT2D eigenvalue weighted by Crippen LogP contribution is 2.14. The van der Waals surface area contributed by atoms with Gasteiger partial charge in [-0.2, -0.15) is 5.10 Å². The number of hydrogen-bond donors (Lipinski definition) is 1. The summed E-state index contributed by atoms with van der Waals surface area (Å²) in [7, 11) is 5.80. The van der Waals surface area contributed by atoms with Crippen molar-refractivity contribution in [2.75, 3.05) is 19.0 Å². The predicted molar refractivity (Wildman–Crippen MR) is 79.9 cm³/mol. The lowest BCUT2D eigenvalue weighted by molar-refractivity contribution is 0.0940. The summed E-state index contributed by atoms with van der Waals surface area (Å²) in [6.07, 6.45) is 3.67. The number of nitrogens with one attached hydrogen (secondary N) is 1. The second kappa shape index (κ2) is 5.77. The van der Waals surface area contributed by atoms with Crippen molar-refractivity contribution >= 4 is 11.6 Å². The first kappa shape index (κ1) is 14.1. The molecule has 0 radical (unpaired) electrons. The van der Waals surface area contributed by atoms with E-state index in [1.165, 1.54) is 0 Å². The molecule has 0 aliphatic heterocycles. The Labute approximate surface area is 119 Å². The number of amides is 1. The molecule has 0 aliphatic carbocycles. The highest BCUT2D eigenvalue weighted by atomic mass is 16.1. The van der Waals surface area contributed by atoms with Crippen LogP contribution in [0, 0.1) is 0 Å². The second-order valence-corrected chi connectivity index (χ2v) is 5.08. The van der Waals surface area contributed by atoms with Crippen LogP contribution in [0.2, 0.25) is 0 Å². The summed E-state index contributed by atoms with van der Waals surface area (Å²) in [6.45, 7) is 1.95. The van der Waals surface area contributed by atoms with Crippen LogP contribution in [-0.4, -0.2) is 29.8 Å².